The van der Waals surface area contributed by atoms with Crippen molar-refractivity contribution in [2.45, 2.75) is 6.18 Å². The van der Waals surface area contributed by atoms with Gasteiger partial charge in [-0.25, -0.2) is 0 Å². The van der Waals surface area contributed by atoms with Crippen LogP contribution in [0.15, 0.2) is 0 Å². The first-order valence-corrected chi connectivity index (χ1v) is 4.19. The van der Waals surface area contributed by atoms with Crippen molar-refractivity contribution in [1.29, 1.82) is 0 Å². The summed E-state index contributed by atoms with van der Waals surface area (Å²) in [6.45, 7) is -0.547. The third-order valence-corrected chi connectivity index (χ3v) is 2.14. The van der Waals surface area contributed by atoms with Gasteiger partial charge in [-0.3, -0.25) is 9.48 Å². The Balaban J connectivity index is 3.40. The van der Waals surface area contributed by atoms with Crippen molar-refractivity contribution >= 4 is 17.4 Å². The number of rotatable bonds is 2. The number of carbonyl (C=O) groups excluding carboxylic acids is 1. The highest BCUT2D eigenvalue weighted by atomic mass is 35.5. The van der Waals surface area contributed by atoms with Gasteiger partial charge in [-0.15, -0.1) is 0 Å². The van der Waals surface area contributed by atoms with E-state index in [4.69, 9.17) is 17.3 Å². The number of carbonyl (C=O) groups is 1. The first kappa shape index (κ1) is 12.0. The predicted octanol–water partition coefficient (Wildman–Crippen LogP) is 1.23. The Hall–Kier alpha value is -1.08. The molecule has 4 nitrogen and oxygen atoms in total. The number of alkyl halides is 3. The van der Waals surface area contributed by atoms with Crippen molar-refractivity contribution < 1.29 is 18.0 Å². The summed E-state index contributed by atoms with van der Waals surface area (Å²) in [6, 6.07) is 0. The van der Waals surface area contributed by atoms with Crippen LogP contribution < -0.4 is 5.73 Å². The SMILES string of the molecule is Cn1nc(C(F)(F)F)c(C(=O)CN)c1Cl. The van der Waals surface area contributed by atoms with Crippen LogP contribution in [0.2, 0.25) is 5.15 Å². The molecule has 0 bridgehead atoms. The maximum Gasteiger partial charge on any atom is 0.435 e. The normalized spacial score (nSPS) is 11.9. The van der Waals surface area contributed by atoms with E-state index in [1.807, 2.05) is 0 Å². The van der Waals surface area contributed by atoms with E-state index >= 15 is 0 Å². The molecule has 1 aromatic rings. The van der Waals surface area contributed by atoms with Gasteiger partial charge in [0.05, 0.1) is 12.1 Å². The summed E-state index contributed by atoms with van der Waals surface area (Å²) in [5.74, 6) is -0.888. The van der Waals surface area contributed by atoms with Crippen LogP contribution in [-0.4, -0.2) is 22.1 Å². The molecule has 84 valence electrons. The zero-order valence-electron chi connectivity index (χ0n) is 7.60. The Morgan fingerprint density at radius 3 is 2.53 bits per heavy atom. The van der Waals surface area contributed by atoms with E-state index < -0.39 is 29.8 Å². The van der Waals surface area contributed by atoms with Crippen LogP contribution in [0.3, 0.4) is 0 Å². The Morgan fingerprint density at radius 2 is 2.13 bits per heavy atom. The van der Waals surface area contributed by atoms with Crippen molar-refractivity contribution in [2.75, 3.05) is 6.54 Å². The standard InChI is InChI=1S/C7H7ClF3N3O/c1-14-6(8)4(3(15)2-12)5(13-14)7(9,10)11/h2,12H2,1H3. The second-order valence-electron chi connectivity index (χ2n) is 2.76. The number of aromatic nitrogens is 2. The molecular weight excluding hydrogens is 235 g/mol. The molecule has 0 fully saturated rings. The Morgan fingerprint density at radius 1 is 1.60 bits per heavy atom. The minimum atomic E-state index is -4.72. The van der Waals surface area contributed by atoms with Crippen molar-refractivity contribution in [2.24, 2.45) is 12.8 Å². The fourth-order valence-corrected chi connectivity index (χ4v) is 1.28. The van der Waals surface area contributed by atoms with Crippen molar-refractivity contribution in [1.82, 2.24) is 9.78 Å². The first-order chi connectivity index (χ1) is 6.79. The lowest BCUT2D eigenvalue weighted by Crippen LogP contribution is -2.18. The fourth-order valence-electron chi connectivity index (χ4n) is 1.05. The summed E-state index contributed by atoms with van der Waals surface area (Å²) in [4.78, 5) is 11.2. The van der Waals surface area contributed by atoms with Gasteiger partial charge in [0.2, 0.25) is 0 Å². The monoisotopic (exact) mass is 241 g/mol. The topological polar surface area (TPSA) is 60.9 Å². The Bertz CT molecular complexity index is 399. The van der Waals surface area contributed by atoms with Gasteiger partial charge in [0.1, 0.15) is 5.15 Å². The minimum Gasteiger partial charge on any atom is -0.324 e. The molecule has 0 saturated heterocycles. The lowest BCUT2D eigenvalue weighted by Gasteiger charge is -2.04. The lowest BCUT2D eigenvalue weighted by atomic mass is 10.1. The molecule has 0 aliphatic rings. The third-order valence-electron chi connectivity index (χ3n) is 1.71. The molecule has 0 amide bonds. The highest BCUT2D eigenvalue weighted by Crippen LogP contribution is 2.34. The van der Waals surface area contributed by atoms with Crippen LogP contribution in [0.4, 0.5) is 13.2 Å². The summed E-state index contributed by atoms with van der Waals surface area (Å²) in [5, 5.41) is 2.77. The zero-order valence-corrected chi connectivity index (χ0v) is 8.35. The maximum absolute atomic E-state index is 12.4. The van der Waals surface area contributed by atoms with E-state index in [0.29, 0.717) is 0 Å². The number of hydrogen-bond acceptors (Lipinski definition) is 3. The number of nitrogens with two attached hydrogens (primary N) is 1. The van der Waals surface area contributed by atoms with Gasteiger partial charge in [0.25, 0.3) is 0 Å². The molecule has 1 heterocycles. The van der Waals surface area contributed by atoms with Gasteiger partial charge in [0.15, 0.2) is 11.5 Å². The van der Waals surface area contributed by atoms with Gasteiger partial charge >= 0.3 is 6.18 Å². The van der Waals surface area contributed by atoms with E-state index in [1.165, 1.54) is 7.05 Å². The molecule has 0 atom stereocenters. The largest absolute Gasteiger partial charge is 0.435 e. The molecule has 0 spiro atoms. The Labute approximate surface area is 87.8 Å². The van der Waals surface area contributed by atoms with Crippen LogP contribution in [0, 0.1) is 0 Å². The Kier molecular flexibility index (Phi) is 3.05. The molecule has 0 saturated carbocycles. The van der Waals surface area contributed by atoms with Crippen molar-refractivity contribution in [3.05, 3.63) is 16.4 Å². The maximum atomic E-state index is 12.4. The molecule has 0 aliphatic heterocycles. The smallest absolute Gasteiger partial charge is 0.324 e. The predicted molar refractivity (Wildman–Crippen MR) is 46.6 cm³/mol. The van der Waals surface area contributed by atoms with E-state index in [2.05, 4.69) is 5.10 Å². The van der Waals surface area contributed by atoms with Gasteiger partial charge in [-0.1, -0.05) is 11.6 Å². The third kappa shape index (κ3) is 2.13. The van der Waals surface area contributed by atoms with Gasteiger partial charge in [-0.05, 0) is 0 Å². The number of ketones is 1. The zero-order chi connectivity index (χ0) is 11.8. The number of hydrogen-bond donors (Lipinski definition) is 1. The molecule has 8 heteroatoms. The summed E-state index contributed by atoms with van der Waals surface area (Å²) in [7, 11) is 1.21. The van der Waals surface area contributed by atoms with Crippen LogP contribution in [0.5, 0.6) is 0 Å². The molecule has 2 N–H and O–H groups in total. The second-order valence-corrected chi connectivity index (χ2v) is 3.12. The highest BCUT2D eigenvalue weighted by molar-refractivity contribution is 6.33. The molecule has 1 rings (SSSR count). The highest BCUT2D eigenvalue weighted by Gasteiger charge is 2.40. The van der Waals surface area contributed by atoms with Crippen LogP contribution in [0.25, 0.3) is 0 Å². The van der Waals surface area contributed by atoms with Crippen LogP contribution in [0.1, 0.15) is 16.1 Å². The van der Waals surface area contributed by atoms with E-state index in [9.17, 15) is 18.0 Å². The number of nitrogens with zero attached hydrogens (tertiary/aromatic N) is 2. The number of Topliss-reactive ketones (excluding diaryl/α,β-unsaturated/α-hetero) is 1. The second kappa shape index (κ2) is 3.82. The van der Waals surface area contributed by atoms with E-state index in [1.54, 1.807) is 0 Å². The lowest BCUT2D eigenvalue weighted by molar-refractivity contribution is -0.141. The van der Waals surface area contributed by atoms with Gasteiger partial charge in [-0.2, -0.15) is 18.3 Å². The van der Waals surface area contributed by atoms with Crippen molar-refractivity contribution in [3.8, 4) is 0 Å². The average Bonchev–Trinajstić information content (AvgIpc) is 2.42. The van der Waals surface area contributed by atoms with E-state index in [-0.39, 0.29) is 5.15 Å². The molecule has 0 unspecified atom stereocenters. The quantitative estimate of drug-likeness (QED) is 0.793. The van der Waals surface area contributed by atoms with Crippen LogP contribution in [-0.2, 0) is 13.2 Å². The van der Waals surface area contributed by atoms with Crippen molar-refractivity contribution in [3.63, 3.8) is 0 Å². The molecular formula is C7H7ClF3N3O. The van der Waals surface area contributed by atoms with Gasteiger partial charge < -0.3 is 5.73 Å². The summed E-state index contributed by atoms with van der Waals surface area (Å²) in [5.41, 5.74) is 3.01. The molecule has 0 aliphatic carbocycles. The summed E-state index contributed by atoms with van der Waals surface area (Å²) >= 11 is 5.52. The van der Waals surface area contributed by atoms with E-state index in [0.717, 1.165) is 4.68 Å². The summed E-state index contributed by atoms with van der Waals surface area (Å²) < 4.78 is 38.0. The first-order valence-electron chi connectivity index (χ1n) is 3.82. The summed E-state index contributed by atoms with van der Waals surface area (Å²) in [6.07, 6.45) is -4.72. The molecule has 0 radical (unpaired) electrons. The number of halogens is 4. The minimum absolute atomic E-state index is 0.363. The average molecular weight is 242 g/mol. The molecule has 0 aromatic carbocycles. The van der Waals surface area contributed by atoms with Gasteiger partial charge in [0, 0.05) is 7.05 Å². The molecule has 1 aromatic heterocycles. The van der Waals surface area contributed by atoms with Crippen LogP contribution >= 0.6 is 11.6 Å². The fraction of sp³-hybridized carbons (Fsp3) is 0.429. The number of aryl methyl sites for hydroxylation is 1. The molecule has 15 heavy (non-hydrogen) atoms.